The van der Waals surface area contributed by atoms with Crippen LogP contribution in [0.3, 0.4) is 0 Å². The first-order chi connectivity index (χ1) is 29.7. The van der Waals surface area contributed by atoms with Crippen LogP contribution in [0.4, 0.5) is 0 Å². The molecule has 10 aromatic carbocycles. The highest BCUT2D eigenvalue weighted by Gasteiger charge is 2.18. The van der Waals surface area contributed by atoms with Gasteiger partial charge in [-0.3, -0.25) is 0 Å². The summed E-state index contributed by atoms with van der Waals surface area (Å²) < 4.78 is 0. The molecule has 11 rings (SSSR count). The topological polar surface area (TPSA) is 38.7 Å². The summed E-state index contributed by atoms with van der Waals surface area (Å²) in [5.74, 6) is 1.86. The lowest BCUT2D eigenvalue weighted by atomic mass is 9.89. The van der Waals surface area contributed by atoms with Crippen molar-refractivity contribution in [1.29, 1.82) is 0 Å². The second-order valence-electron chi connectivity index (χ2n) is 15.2. The number of hydrogen-bond donors (Lipinski definition) is 0. The van der Waals surface area contributed by atoms with Gasteiger partial charge in [-0.1, -0.05) is 212 Å². The molecule has 0 bridgehead atoms. The SMILES string of the molecule is c1ccc(-c2ccc(-c3nc(-c4ccc(-c5c6ccccc6cc6c5ccc5ccccc56)cc4)nc(-c4cc(-c5ccccc5)ccc4-c4ccccc4)n3)cc2)cc1. The molecule has 0 fully saturated rings. The Kier molecular flexibility index (Phi) is 8.83. The molecule has 0 aliphatic carbocycles. The van der Waals surface area contributed by atoms with Gasteiger partial charge in [0.05, 0.1) is 0 Å². The van der Waals surface area contributed by atoms with Gasteiger partial charge in [0.2, 0.25) is 0 Å². The smallest absolute Gasteiger partial charge is 0.164 e. The molecule has 11 aromatic rings. The zero-order chi connectivity index (χ0) is 39.8. The number of rotatable bonds is 7. The molecule has 0 spiro atoms. The molecule has 280 valence electrons. The number of hydrogen-bond acceptors (Lipinski definition) is 3. The lowest BCUT2D eigenvalue weighted by molar-refractivity contribution is 1.07. The zero-order valence-corrected chi connectivity index (χ0v) is 32.7. The molecule has 0 unspecified atom stereocenters. The van der Waals surface area contributed by atoms with Gasteiger partial charge in [0.15, 0.2) is 17.5 Å². The molecular weight excluding hydrogens is 727 g/mol. The Morgan fingerprint density at radius 2 is 0.683 bits per heavy atom. The van der Waals surface area contributed by atoms with Crippen molar-refractivity contribution in [2.45, 2.75) is 0 Å². The summed E-state index contributed by atoms with van der Waals surface area (Å²) in [6, 6.07) is 79.5. The fourth-order valence-corrected chi connectivity index (χ4v) is 8.52. The lowest BCUT2D eigenvalue weighted by Crippen LogP contribution is -2.01. The summed E-state index contributed by atoms with van der Waals surface area (Å²) in [5, 5.41) is 7.42. The van der Waals surface area contributed by atoms with Crippen LogP contribution in [0.5, 0.6) is 0 Å². The van der Waals surface area contributed by atoms with Crippen LogP contribution in [0.1, 0.15) is 0 Å². The summed E-state index contributed by atoms with van der Waals surface area (Å²) in [4.78, 5) is 15.8. The van der Waals surface area contributed by atoms with Crippen LogP contribution < -0.4 is 0 Å². The van der Waals surface area contributed by atoms with Crippen molar-refractivity contribution in [3.05, 3.63) is 224 Å². The fraction of sp³-hybridized carbons (Fsp3) is 0. The van der Waals surface area contributed by atoms with Crippen molar-refractivity contribution in [2.75, 3.05) is 0 Å². The Hall–Kier alpha value is -8.01. The van der Waals surface area contributed by atoms with E-state index in [4.69, 9.17) is 15.0 Å². The summed E-state index contributed by atoms with van der Waals surface area (Å²) >= 11 is 0. The van der Waals surface area contributed by atoms with Crippen molar-refractivity contribution in [2.24, 2.45) is 0 Å². The first-order valence-electron chi connectivity index (χ1n) is 20.3. The minimum absolute atomic E-state index is 0.617. The average molecular weight is 764 g/mol. The van der Waals surface area contributed by atoms with Gasteiger partial charge in [-0.25, -0.2) is 15.0 Å². The van der Waals surface area contributed by atoms with Gasteiger partial charge < -0.3 is 0 Å². The zero-order valence-electron chi connectivity index (χ0n) is 32.7. The molecule has 1 aromatic heterocycles. The highest BCUT2D eigenvalue weighted by Crippen LogP contribution is 2.41. The van der Waals surface area contributed by atoms with E-state index >= 15 is 0 Å². The molecule has 0 aliphatic rings. The minimum atomic E-state index is 0.617. The summed E-state index contributed by atoms with van der Waals surface area (Å²) in [5.41, 5.74) is 11.8. The van der Waals surface area contributed by atoms with Crippen LogP contribution in [0.2, 0.25) is 0 Å². The standard InChI is InChI=1S/C57H37N3/c1-4-14-38(15-5-1)40-24-28-44(29-25-40)55-58-56(60-57(59-55)53-36-46(39-16-6-2-7-17-39)33-34-49(53)41-18-8-3-9-19-41)45-30-26-43(27-31-45)54-50-23-13-11-21-47(50)37-52-48-22-12-10-20-42(48)32-35-51(52)54/h1-37H. The summed E-state index contributed by atoms with van der Waals surface area (Å²) in [7, 11) is 0. The highest BCUT2D eigenvalue weighted by molar-refractivity contribution is 6.20. The van der Waals surface area contributed by atoms with E-state index in [-0.39, 0.29) is 0 Å². The maximum absolute atomic E-state index is 5.30. The third-order valence-corrected chi connectivity index (χ3v) is 11.5. The minimum Gasteiger partial charge on any atom is -0.208 e. The molecular formula is C57H37N3. The van der Waals surface area contributed by atoms with Gasteiger partial charge >= 0.3 is 0 Å². The van der Waals surface area contributed by atoms with Gasteiger partial charge in [-0.2, -0.15) is 0 Å². The van der Waals surface area contributed by atoms with E-state index in [1.54, 1.807) is 0 Å². The van der Waals surface area contributed by atoms with E-state index in [1.165, 1.54) is 43.4 Å². The largest absolute Gasteiger partial charge is 0.208 e. The van der Waals surface area contributed by atoms with Gasteiger partial charge in [-0.05, 0) is 89.0 Å². The first-order valence-corrected chi connectivity index (χ1v) is 20.3. The van der Waals surface area contributed by atoms with Crippen LogP contribution in [-0.4, -0.2) is 15.0 Å². The Labute approximate surface area is 349 Å². The normalized spacial score (nSPS) is 11.3. The van der Waals surface area contributed by atoms with E-state index in [2.05, 4.69) is 206 Å². The predicted octanol–water partition coefficient (Wildman–Crippen LogP) is 15.0. The Balaban J connectivity index is 1.09. The molecule has 0 N–H and O–H groups in total. The molecule has 0 aliphatic heterocycles. The Morgan fingerprint density at radius 1 is 0.217 bits per heavy atom. The van der Waals surface area contributed by atoms with Gasteiger partial charge in [0.25, 0.3) is 0 Å². The van der Waals surface area contributed by atoms with Crippen LogP contribution in [0.15, 0.2) is 224 Å². The second-order valence-corrected chi connectivity index (χ2v) is 15.2. The molecule has 60 heavy (non-hydrogen) atoms. The third kappa shape index (κ3) is 6.49. The van der Waals surface area contributed by atoms with E-state index in [1.807, 2.05) is 18.2 Å². The first kappa shape index (κ1) is 35.2. The maximum Gasteiger partial charge on any atom is 0.164 e. The van der Waals surface area contributed by atoms with Crippen molar-refractivity contribution in [3.63, 3.8) is 0 Å². The van der Waals surface area contributed by atoms with Gasteiger partial charge in [0, 0.05) is 16.7 Å². The monoisotopic (exact) mass is 763 g/mol. The molecule has 0 amide bonds. The van der Waals surface area contributed by atoms with Gasteiger partial charge in [0.1, 0.15) is 0 Å². The predicted molar refractivity (Wildman–Crippen MR) is 250 cm³/mol. The van der Waals surface area contributed by atoms with Crippen LogP contribution in [-0.2, 0) is 0 Å². The van der Waals surface area contributed by atoms with E-state index in [0.717, 1.165) is 50.1 Å². The molecule has 3 nitrogen and oxygen atoms in total. The Morgan fingerprint density at radius 3 is 1.33 bits per heavy atom. The molecule has 0 saturated carbocycles. The van der Waals surface area contributed by atoms with Gasteiger partial charge in [-0.15, -0.1) is 0 Å². The average Bonchev–Trinajstić information content (AvgIpc) is 3.34. The van der Waals surface area contributed by atoms with Crippen molar-refractivity contribution in [3.8, 4) is 78.7 Å². The van der Waals surface area contributed by atoms with Crippen molar-refractivity contribution >= 4 is 32.3 Å². The highest BCUT2D eigenvalue weighted by atomic mass is 15.0. The molecule has 1 heterocycles. The summed E-state index contributed by atoms with van der Waals surface area (Å²) in [6.07, 6.45) is 0. The molecule has 0 saturated heterocycles. The van der Waals surface area contributed by atoms with Crippen LogP contribution in [0, 0.1) is 0 Å². The van der Waals surface area contributed by atoms with Crippen LogP contribution in [0.25, 0.3) is 111 Å². The lowest BCUT2D eigenvalue weighted by Gasteiger charge is -2.15. The van der Waals surface area contributed by atoms with Crippen LogP contribution >= 0.6 is 0 Å². The Bertz CT molecular complexity index is 3320. The molecule has 0 atom stereocenters. The third-order valence-electron chi connectivity index (χ3n) is 11.5. The van der Waals surface area contributed by atoms with E-state index in [0.29, 0.717) is 17.5 Å². The second kappa shape index (κ2) is 15.1. The number of benzene rings is 10. The van der Waals surface area contributed by atoms with Crippen molar-refractivity contribution in [1.82, 2.24) is 15.0 Å². The van der Waals surface area contributed by atoms with Crippen molar-refractivity contribution < 1.29 is 0 Å². The number of nitrogens with zero attached hydrogens (tertiary/aromatic N) is 3. The van der Waals surface area contributed by atoms with E-state index < -0.39 is 0 Å². The van der Waals surface area contributed by atoms with E-state index in [9.17, 15) is 0 Å². The quantitative estimate of drug-likeness (QED) is 0.120. The number of fused-ring (bicyclic) bond motifs is 4. The molecule has 0 radical (unpaired) electrons. The fourth-order valence-electron chi connectivity index (χ4n) is 8.52. The maximum atomic E-state index is 5.30. The number of aromatic nitrogens is 3. The molecule has 3 heteroatoms. The summed E-state index contributed by atoms with van der Waals surface area (Å²) in [6.45, 7) is 0.